The largest absolute Gasteiger partial charge is 0.367 e. The highest BCUT2D eigenvalue weighted by Gasteiger charge is 2.23. The fourth-order valence-corrected chi connectivity index (χ4v) is 3.47. The average molecular weight is 413 g/mol. The van der Waals surface area contributed by atoms with Crippen molar-refractivity contribution < 1.29 is 9.18 Å². The minimum Gasteiger partial charge on any atom is -0.367 e. The van der Waals surface area contributed by atoms with E-state index in [4.69, 9.17) is 11.6 Å². The van der Waals surface area contributed by atoms with Crippen molar-refractivity contribution in [2.75, 3.05) is 5.32 Å². The van der Waals surface area contributed by atoms with Crippen molar-refractivity contribution in [1.29, 1.82) is 0 Å². The highest BCUT2D eigenvalue weighted by Crippen LogP contribution is 2.23. The minimum absolute atomic E-state index is 0. The molecule has 8 heteroatoms. The Hall–Kier alpha value is -1.92. The van der Waals surface area contributed by atoms with Crippen LogP contribution in [0.15, 0.2) is 24.3 Å². The first kappa shape index (κ1) is 21.4. The molecular formula is C19H23Cl2FN4O. The lowest BCUT2D eigenvalue weighted by Gasteiger charge is -2.30. The van der Waals surface area contributed by atoms with Crippen LogP contribution < -0.4 is 10.6 Å². The SMILES string of the molecule is Cc1cc(N[C@H]2CC[C@@H](NC(=O)c3ccc(F)c(Cl)c3)CC2)nc(C)n1.Cl. The number of aromatic nitrogens is 2. The van der Waals surface area contributed by atoms with Crippen LogP contribution in [0.3, 0.4) is 0 Å². The molecule has 0 radical (unpaired) electrons. The maximum atomic E-state index is 13.2. The number of hydrogen-bond donors (Lipinski definition) is 2. The molecule has 1 amide bonds. The second-order valence-electron chi connectivity index (χ2n) is 6.74. The maximum absolute atomic E-state index is 13.2. The van der Waals surface area contributed by atoms with Gasteiger partial charge in [-0.3, -0.25) is 4.79 Å². The molecule has 1 aromatic carbocycles. The van der Waals surface area contributed by atoms with E-state index in [0.717, 1.165) is 43.0 Å². The summed E-state index contributed by atoms with van der Waals surface area (Å²) in [5.74, 6) is 0.866. The van der Waals surface area contributed by atoms with Crippen LogP contribution in [0.1, 0.15) is 47.6 Å². The second-order valence-corrected chi connectivity index (χ2v) is 7.14. The van der Waals surface area contributed by atoms with Gasteiger partial charge in [-0.25, -0.2) is 14.4 Å². The van der Waals surface area contributed by atoms with Gasteiger partial charge in [-0.1, -0.05) is 11.6 Å². The van der Waals surface area contributed by atoms with Crippen molar-refractivity contribution in [1.82, 2.24) is 15.3 Å². The van der Waals surface area contributed by atoms with E-state index in [0.29, 0.717) is 11.6 Å². The summed E-state index contributed by atoms with van der Waals surface area (Å²) in [7, 11) is 0. The first-order valence-electron chi connectivity index (χ1n) is 8.75. The predicted molar refractivity (Wildman–Crippen MR) is 107 cm³/mol. The number of halogens is 3. The highest BCUT2D eigenvalue weighted by molar-refractivity contribution is 6.31. The van der Waals surface area contributed by atoms with Crippen molar-refractivity contribution in [3.8, 4) is 0 Å². The molecule has 2 aromatic rings. The Morgan fingerprint density at radius 1 is 1.11 bits per heavy atom. The summed E-state index contributed by atoms with van der Waals surface area (Å²) in [4.78, 5) is 21.0. The Morgan fingerprint density at radius 3 is 2.41 bits per heavy atom. The molecular weight excluding hydrogens is 390 g/mol. The number of nitrogens with zero attached hydrogens (tertiary/aromatic N) is 2. The van der Waals surface area contributed by atoms with E-state index >= 15 is 0 Å². The molecule has 0 atom stereocenters. The van der Waals surface area contributed by atoms with Gasteiger partial charge in [0, 0.05) is 29.4 Å². The number of amides is 1. The molecule has 1 aliphatic rings. The van der Waals surface area contributed by atoms with Crippen LogP contribution in [0.25, 0.3) is 0 Å². The summed E-state index contributed by atoms with van der Waals surface area (Å²) in [6.07, 6.45) is 3.64. The lowest BCUT2D eigenvalue weighted by molar-refractivity contribution is 0.0926. The number of nitrogens with one attached hydrogen (secondary N) is 2. The average Bonchev–Trinajstić information content (AvgIpc) is 2.58. The summed E-state index contributed by atoms with van der Waals surface area (Å²) in [5.41, 5.74) is 1.32. The number of carbonyl (C=O) groups is 1. The van der Waals surface area contributed by atoms with Crippen LogP contribution in [0, 0.1) is 19.7 Å². The lowest BCUT2D eigenvalue weighted by atomic mass is 9.91. The predicted octanol–water partition coefficient (Wildman–Crippen LogP) is 4.46. The molecule has 2 N–H and O–H groups in total. The molecule has 1 saturated carbocycles. The van der Waals surface area contributed by atoms with Crippen LogP contribution in [0.5, 0.6) is 0 Å². The van der Waals surface area contributed by atoms with E-state index < -0.39 is 5.82 Å². The first-order valence-corrected chi connectivity index (χ1v) is 9.13. The van der Waals surface area contributed by atoms with Gasteiger partial charge in [0.15, 0.2) is 0 Å². The van der Waals surface area contributed by atoms with Gasteiger partial charge in [-0.05, 0) is 57.7 Å². The molecule has 0 saturated heterocycles. The van der Waals surface area contributed by atoms with Crippen LogP contribution in [-0.4, -0.2) is 28.0 Å². The standard InChI is InChI=1S/C19H22ClFN4O.ClH/c1-11-9-18(23-12(2)22-11)24-14-4-6-15(7-5-14)25-19(26)13-3-8-17(21)16(20)10-13;/h3,8-10,14-15H,4-7H2,1-2H3,(H,25,26)(H,22,23,24);1H/t14-,15+;. The summed E-state index contributed by atoms with van der Waals surface area (Å²) >= 11 is 5.75. The van der Waals surface area contributed by atoms with E-state index in [2.05, 4.69) is 20.6 Å². The van der Waals surface area contributed by atoms with E-state index in [1.165, 1.54) is 18.2 Å². The quantitative estimate of drug-likeness (QED) is 0.777. The Morgan fingerprint density at radius 2 is 1.78 bits per heavy atom. The van der Waals surface area contributed by atoms with Gasteiger partial charge in [-0.2, -0.15) is 0 Å². The van der Waals surface area contributed by atoms with Crippen molar-refractivity contribution in [3.63, 3.8) is 0 Å². The minimum atomic E-state index is -0.523. The zero-order valence-electron chi connectivity index (χ0n) is 15.3. The van der Waals surface area contributed by atoms with Crippen molar-refractivity contribution in [2.24, 2.45) is 0 Å². The third-order valence-electron chi connectivity index (χ3n) is 4.56. The van der Waals surface area contributed by atoms with Gasteiger partial charge in [0.05, 0.1) is 5.02 Å². The number of benzene rings is 1. The first-order chi connectivity index (χ1) is 12.4. The molecule has 0 aliphatic heterocycles. The van der Waals surface area contributed by atoms with E-state index in [1.807, 2.05) is 19.9 Å². The molecule has 146 valence electrons. The molecule has 1 fully saturated rings. The fourth-order valence-electron chi connectivity index (χ4n) is 3.29. The van der Waals surface area contributed by atoms with E-state index in [1.54, 1.807) is 0 Å². The van der Waals surface area contributed by atoms with Crippen LogP contribution in [-0.2, 0) is 0 Å². The van der Waals surface area contributed by atoms with Gasteiger partial charge in [0.1, 0.15) is 17.5 Å². The molecule has 1 aliphatic carbocycles. The number of anilines is 1. The topological polar surface area (TPSA) is 66.9 Å². The Bertz CT molecular complexity index is 790. The van der Waals surface area contributed by atoms with Crippen molar-refractivity contribution in [2.45, 2.75) is 51.6 Å². The van der Waals surface area contributed by atoms with Gasteiger partial charge >= 0.3 is 0 Å². The third-order valence-corrected chi connectivity index (χ3v) is 4.85. The fraction of sp³-hybridized carbons (Fsp3) is 0.421. The molecule has 0 bridgehead atoms. The zero-order valence-corrected chi connectivity index (χ0v) is 16.8. The molecule has 3 rings (SSSR count). The molecule has 1 aromatic heterocycles. The molecule has 5 nitrogen and oxygen atoms in total. The van der Waals surface area contributed by atoms with Crippen LogP contribution in [0.4, 0.5) is 10.2 Å². The van der Waals surface area contributed by atoms with Gasteiger partial charge in [0.25, 0.3) is 5.91 Å². The molecule has 0 unspecified atom stereocenters. The van der Waals surface area contributed by atoms with E-state index in [9.17, 15) is 9.18 Å². The van der Waals surface area contributed by atoms with Crippen molar-refractivity contribution >= 4 is 35.7 Å². The second kappa shape index (κ2) is 9.33. The van der Waals surface area contributed by atoms with Gasteiger partial charge < -0.3 is 10.6 Å². The summed E-state index contributed by atoms with van der Waals surface area (Å²) in [6, 6.07) is 6.40. The zero-order chi connectivity index (χ0) is 18.7. The maximum Gasteiger partial charge on any atom is 0.251 e. The smallest absolute Gasteiger partial charge is 0.251 e. The number of aryl methyl sites for hydroxylation is 2. The third kappa shape index (κ3) is 5.78. The Kier molecular flexibility index (Phi) is 7.39. The van der Waals surface area contributed by atoms with Crippen LogP contribution >= 0.6 is 24.0 Å². The molecule has 27 heavy (non-hydrogen) atoms. The lowest BCUT2D eigenvalue weighted by Crippen LogP contribution is -2.40. The number of rotatable bonds is 4. The Balaban J connectivity index is 0.00000261. The van der Waals surface area contributed by atoms with Gasteiger partial charge in [-0.15, -0.1) is 12.4 Å². The number of carbonyl (C=O) groups excluding carboxylic acids is 1. The van der Waals surface area contributed by atoms with Gasteiger partial charge in [0.2, 0.25) is 0 Å². The molecule has 0 spiro atoms. The monoisotopic (exact) mass is 412 g/mol. The number of hydrogen-bond acceptors (Lipinski definition) is 4. The highest BCUT2D eigenvalue weighted by atomic mass is 35.5. The van der Waals surface area contributed by atoms with Crippen molar-refractivity contribution in [3.05, 3.63) is 52.2 Å². The molecule has 1 heterocycles. The summed E-state index contributed by atoms with van der Waals surface area (Å²) in [5, 5.41) is 6.43. The van der Waals surface area contributed by atoms with Crippen LogP contribution in [0.2, 0.25) is 5.02 Å². The summed E-state index contributed by atoms with van der Waals surface area (Å²) in [6.45, 7) is 3.83. The summed E-state index contributed by atoms with van der Waals surface area (Å²) < 4.78 is 13.2. The van der Waals surface area contributed by atoms with E-state index in [-0.39, 0.29) is 29.4 Å². The Labute approximate surface area is 169 Å². The normalized spacial score (nSPS) is 19.1.